The SMILES string of the molecule is NC(c1cnc(C(F)(F)F)s1)C1CCC2CCCCC2C1. The summed E-state index contributed by atoms with van der Waals surface area (Å²) < 4.78 is 37.9. The summed E-state index contributed by atoms with van der Waals surface area (Å²) in [6.07, 6.45) is 5.49. The van der Waals surface area contributed by atoms with Crippen LogP contribution >= 0.6 is 11.3 Å². The lowest BCUT2D eigenvalue weighted by Crippen LogP contribution is -2.32. The zero-order chi connectivity index (χ0) is 15.0. The van der Waals surface area contributed by atoms with Gasteiger partial charge in [-0.3, -0.25) is 0 Å². The highest BCUT2D eigenvalue weighted by Crippen LogP contribution is 2.46. The normalized spacial score (nSPS) is 31.7. The van der Waals surface area contributed by atoms with Gasteiger partial charge in [-0.25, -0.2) is 4.98 Å². The first-order valence-electron chi connectivity index (χ1n) is 7.73. The van der Waals surface area contributed by atoms with Crippen LogP contribution in [0.15, 0.2) is 6.20 Å². The Kier molecular flexibility index (Phi) is 4.28. The van der Waals surface area contributed by atoms with Gasteiger partial charge in [0.2, 0.25) is 0 Å². The molecule has 2 aliphatic rings. The Morgan fingerprint density at radius 1 is 1.14 bits per heavy atom. The number of hydrogen-bond acceptors (Lipinski definition) is 3. The number of rotatable bonds is 2. The van der Waals surface area contributed by atoms with Gasteiger partial charge in [-0.05, 0) is 37.0 Å². The topological polar surface area (TPSA) is 38.9 Å². The molecule has 0 aromatic carbocycles. The lowest BCUT2D eigenvalue weighted by atomic mass is 9.66. The Hall–Kier alpha value is -0.620. The highest BCUT2D eigenvalue weighted by Gasteiger charge is 2.38. The molecule has 6 heteroatoms. The summed E-state index contributed by atoms with van der Waals surface area (Å²) in [6, 6.07) is -0.290. The van der Waals surface area contributed by atoms with Crippen LogP contribution in [-0.4, -0.2) is 4.98 Å². The summed E-state index contributed by atoms with van der Waals surface area (Å²) in [5, 5.41) is -0.778. The predicted molar refractivity (Wildman–Crippen MR) is 76.8 cm³/mol. The van der Waals surface area contributed by atoms with E-state index in [0.717, 1.165) is 24.7 Å². The van der Waals surface area contributed by atoms with Crippen LogP contribution in [0.1, 0.15) is 60.9 Å². The number of nitrogens with zero attached hydrogens (tertiary/aromatic N) is 1. The lowest BCUT2D eigenvalue weighted by molar-refractivity contribution is -0.137. The van der Waals surface area contributed by atoms with Crippen LogP contribution in [0.4, 0.5) is 13.2 Å². The molecule has 4 atom stereocenters. The van der Waals surface area contributed by atoms with Crippen molar-refractivity contribution in [1.82, 2.24) is 4.98 Å². The third-order valence-electron chi connectivity index (χ3n) is 5.18. The molecule has 2 N–H and O–H groups in total. The van der Waals surface area contributed by atoms with Gasteiger partial charge in [0.25, 0.3) is 0 Å². The maximum Gasteiger partial charge on any atom is 0.443 e. The van der Waals surface area contributed by atoms with Gasteiger partial charge in [-0.1, -0.05) is 25.7 Å². The van der Waals surface area contributed by atoms with Crippen LogP contribution in [0.3, 0.4) is 0 Å². The third-order valence-corrected chi connectivity index (χ3v) is 6.33. The zero-order valence-corrected chi connectivity index (χ0v) is 12.7. The van der Waals surface area contributed by atoms with Crippen molar-refractivity contribution in [2.24, 2.45) is 23.5 Å². The van der Waals surface area contributed by atoms with Crippen molar-refractivity contribution in [3.05, 3.63) is 16.1 Å². The Morgan fingerprint density at radius 3 is 2.52 bits per heavy atom. The molecule has 0 amide bonds. The second-order valence-electron chi connectivity index (χ2n) is 6.47. The molecule has 0 spiro atoms. The van der Waals surface area contributed by atoms with Gasteiger partial charge in [0.1, 0.15) is 0 Å². The van der Waals surface area contributed by atoms with Crippen LogP contribution in [0.5, 0.6) is 0 Å². The van der Waals surface area contributed by atoms with Gasteiger partial charge in [0.15, 0.2) is 5.01 Å². The summed E-state index contributed by atoms with van der Waals surface area (Å²) in [4.78, 5) is 4.08. The first-order chi connectivity index (χ1) is 9.95. The molecule has 2 fully saturated rings. The van der Waals surface area contributed by atoms with E-state index in [-0.39, 0.29) is 6.04 Å². The van der Waals surface area contributed by atoms with Crippen molar-refractivity contribution >= 4 is 11.3 Å². The monoisotopic (exact) mass is 318 g/mol. The van der Waals surface area contributed by atoms with Crippen LogP contribution in [0.25, 0.3) is 0 Å². The second-order valence-corrected chi connectivity index (χ2v) is 7.53. The average molecular weight is 318 g/mol. The molecule has 4 unspecified atom stereocenters. The number of fused-ring (bicyclic) bond motifs is 1. The Labute approximate surface area is 126 Å². The van der Waals surface area contributed by atoms with E-state index in [1.165, 1.54) is 38.3 Å². The van der Waals surface area contributed by atoms with Gasteiger partial charge >= 0.3 is 6.18 Å². The van der Waals surface area contributed by atoms with E-state index in [1.807, 2.05) is 0 Å². The van der Waals surface area contributed by atoms with Gasteiger partial charge in [0, 0.05) is 17.1 Å². The maximum atomic E-state index is 12.6. The summed E-state index contributed by atoms with van der Waals surface area (Å²) in [5.74, 6) is 1.87. The van der Waals surface area contributed by atoms with Crippen LogP contribution in [0.2, 0.25) is 0 Å². The number of thiazole rings is 1. The number of aromatic nitrogens is 1. The van der Waals surface area contributed by atoms with Crippen molar-refractivity contribution < 1.29 is 13.2 Å². The number of hydrogen-bond donors (Lipinski definition) is 1. The molecule has 2 saturated carbocycles. The Bertz CT molecular complexity index is 486. The van der Waals surface area contributed by atoms with Crippen molar-refractivity contribution in [3.8, 4) is 0 Å². The van der Waals surface area contributed by atoms with Gasteiger partial charge < -0.3 is 5.73 Å². The van der Waals surface area contributed by atoms with Crippen molar-refractivity contribution in [2.75, 3.05) is 0 Å². The summed E-state index contributed by atoms with van der Waals surface area (Å²) in [6.45, 7) is 0. The second kappa shape index (κ2) is 5.88. The van der Waals surface area contributed by atoms with Crippen molar-refractivity contribution in [3.63, 3.8) is 0 Å². The highest BCUT2D eigenvalue weighted by molar-refractivity contribution is 7.11. The van der Waals surface area contributed by atoms with E-state index in [4.69, 9.17) is 5.73 Å². The number of nitrogens with two attached hydrogens (primary N) is 1. The van der Waals surface area contributed by atoms with Gasteiger partial charge in [-0.15, -0.1) is 11.3 Å². The summed E-state index contributed by atoms with van der Waals surface area (Å²) in [7, 11) is 0. The zero-order valence-electron chi connectivity index (χ0n) is 11.9. The molecule has 0 radical (unpaired) electrons. The molecule has 118 valence electrons. The first-order valence-corrected chi connectivity index (χ1v) is 8.55. The first kappa shape index (κ1) is 15.3. The standard InChI is InChI=1S/C15H21F3N2S/c16-15(17,18)14-20-8-12(21-14)13(19)11-6-5-9-3-1-2-4-10(9)7-11/h8-11,13H,1-7,19H2. The molecule has 21 heavy (non-hydrogen) atoms. The molecule has 1 aromatic rings. The fourth-order valence-electron chi connectivity index (χ4n) is 4.04. The fourth-order valence-corrected chi connectivity index (χ4v) is 4.92. The molecule has 0 bridgehead atoms. The minimum Gasteiger partial charge on any atom is -0.323 e. The maximum absolute atomic E-state index is 12.6. The van der Waals surface area contributed by atoms with Crippen LogP contribution < -0.4 is 5.73 Å². The molecule has 0 aliphatic heterocycles. The Morgan fingerprint density at radius 2 is 1.86 bits per heavy atom. The Balaban J connectivity index is 1.67. The van der Waals surface area contributed by atoms with Crippen molar-refractivity contribution in [2.45, 2.75) is 57.2 Å². The van der Waals surface area contributed by atoms with Crippen LogP contribution in [-0.2, 0) is 6.18 Å². The van der Waals surface area contributed by atoms with E-state index < -0.39 is 11.2 Å². The minimum absolute atomic E-state index is 0.290. The highest BCUT2D eigenvalue weighted by atomic mass is 32.1. The molecular formula is C15H21F3N2S. The quantitative estimate of drug-likeness (QED) is 0.853. The summed E-state index contributed by atoms with van der Waals surface area (Å²) in [5.41, 5.74) is 6.25. The molecule has 2 nitrogen and oxygen atoms in total. The minimum atomic E-state index is -4.36. The fraction of sp³-hybridized carbons (Fsp3) is 0.800. The lowest BCUT2D eigenvalue weighted by Gasteiger charge is -2.41. The smallest absolute Gasteiger partial charge is 0.323 e. The largest absolute Gasteiger partial charge is 0.443 e. The molecule has 2 aliphatic carbocycles. The number of halogens is 3. The van der Waals surface area contributed by atoms with E-state index in [9.17, 15) is 13.2 Å². The third kappa shape index (κ3) is 3.26. The van der Waals surface area contributed by atoms with E-state index in [1.54, 1.807) is 0 Å². The molecule has 1 heterocycles. The molecule has 0 saturated heterocycles. The molecule has 3 rings (SSSR count). The van der Waals surface area contributed by atoms with Gasteiger partial charge in [0.05, 0.1) is 0 Å². The predicted octanol–water partition coefficient (Wildman–Crippen LogP) is 4.77. The van der Waals surface area contributed by atoms with E-state index in [0.29, 0.717) is 22.1 Å². The summed E-state index contributed by atoms with van der Waals surface area (Å²) >= 11 is 0.710. The molecular weight excluding hydrogens is 297 g/mol. The number of alkyl halides is 3. The van der Waals surface area contributed by atoms with Crippen LogP contribution in [0, 0.1) is 17.8 Å². The van der Waals surface area contributed by atoms with E-state index in [2.05, 4.69) is 4.98 Å². The van der Waals surface area contributed by atoms with Crippen molar-refractivity contribution in [1.29, 1.82) is 0 Å². The van der Waals surface area contributed by atoms with E-state index >= 15 is 0 Å². The molecule has 1 aromatic heterocycles. The average Bonchev–Trinajstić information content (AvgIpc) is 2.96. The van der Waals surface area contributed by atoms with Gasteiger partial charge in [-0.2, -0.15) is 13.2 Å².